The molecule has 86 valence electrons. The quantitative estimate of drug-likeness (QED) is 0.782. The second-order valence-corrected chi connectivity index (χ2v) is 4.27. The molecule has 3 nitrogen and oxygen atoms in total. The van der Waals surface area contributed by atoms with Crippen LogP contribution in [0.25, 0.3) is 10.9 Å². The van der Waals surface area contributed by atoms with Crippen molar-refractivity contribution in [2.75, 3.05) is 27.2 Å². The van der Waals surface area contributed by atoms with Gasteiger partial charge in [-0.25, -0.2) is 0 Å². The van der Waals surface area contributed by atoms with E-state index in [1.165, 1.54) is 10.9 Å². The van der Waals surface area contributed by atoms with Gasteiger partial charge in [0.2, 0.25) is 0 Å². The fourth-order valence-electron chi connectivity index (χ4n) is 1.76. The maximum absolute atomic E-state index is 5.79. The SMILES string of the molecule is CN(C)CCOc1cn(C)c2ccccc12. The Balaban J connectivity index is 2.18. The number of benzene rings is 1. The molecule has 1 heterocycles. The minimum Gasteiger partial charge on any atom is -0.490 e. The summed E-state index contributed by atoms with van der Waals surface area (Å²) in [5, 5.41) is 1.18. The van der Waals surface area contributed by atoms with Gasteiger partial charge in [-0.05, 0) is 26.2 Å². The summed E-state index contributed by atoms with van der Waals surface area (Å²) in [5.74, 6) is 0.972. The molecule has 16 heavy (non-hydrogen) atoms. The number of ether oxygens (including phenoxy) is 1. The standard InChI is InChI=1S/C13H18N2O/c1-14(2)8-9-16-13-10-15(3)12-7-5-4-6-11(12)13/h4-7,10H,8-9H2,1-3H3. The monoisotopic (exact) mass is 218 g/mol. The first-order chi connectivity index (χ1) is 7.68. The number of aryl methyl sites for hydroxylation is 1. The summed E-state index contributed by atoms with van der Waals surface area (Å²) in [6.45, 7) is 1.66. The zero-order chi connectivity index (χ0) is 11.5. The Labute approximate surface area is 96.2 Å². The Bertz CT molecular complexity index is 474. The van der Waals surface area contributed by atoms with Gasteiger partial charge in [-0.3, -0.25) is 0 Å². The summed E-state index contributed by atoms with van der Waals surface area (Å²) < 4.78 is 7.89. The van der Waals surface area contributed by atoms with Gasteiger partial charge in [0.05, 0.1) is 5.52 Å². The van der Waals surface area contributed by atoms with E-state index in [1.807, 2.05) is 39.5 Å². The summed E-state index contributed by atoms with van der Waals surface area (Å²) in [6, 6.07) is 8.29. The van der Waals surface area contributed by atoms with Gasteiger partial charge in [0.1, 0.15) is 12.4 Å². The van der Waals surface area contributed by atoms with Gasteiger partial charge >= 0.3 is 0 Å². The van der Waals surface area contributed by atoms with Crippen LogP contribution in [-0.2, 0) is 7.05 Å². The van der Waals surface area contributed by atoms with E-state index in [1.54, 1.807) is 0 Å². The molecule has 0 radical (unpaired) electrons. The molecule has 0 aliphatic rings. The maximum Gasteiger partial charge on any atom is 0.144 e. The number of rotatable bonds is 4. The van der Waals surface area contributed by atoms with Gasteiger partial charge in [0.15, 0.2) is 0 Å². The van der Waals surface area contributed by atoms with Crippen molar-refractivity contribution in [3.8, 4) is 5.75 Å². The molecule has 0 bridgehead atoms. The minimum absolute atomic E-state index is 0.723. The number of hydrogen-bond acceptors (Lipinski definition) is 2. The Kier molecular flexibility index (Phi) is 3.15. The first kappa shape index (κ1) is 11.0. The van der Waals surface area contributed by atoms with Crippen LogP contribution in [-0.4, -0.2) is 36.7 Å². The number of likely N-dealkylation sites (N-methyl/N-ethyl adjacent to an activating group) is 1. The first-order valence-corrected chi connectivity index (χ1v) is 5.50. The van der Waals surface area contributed by atoms with Crippen LogP contribution in [0.5, 0.6) is 5.75 Å². The van der Waals surface area contributed by atoms with E-state index >= 15 is 0 Å². The number of hydrogen-bond donors (Lipinski definition) is 0. The predicted molar refractivity (Wildman–Crippen MR) is 67.0 cm³/mol. The Morgan fingerprint density at radius 3 is 2.75 bits per heavy atom. The summed E-state index contributed by atoms with van der Waals surface area (Å²) in [5.41, 5.74) is 1.21. The maximum atomic E-state index is 5.79. The number of para-hydroxylation sites is 1. The third-order valence-electron chi connectivity index (χ3n) is 2.66. The molecule has 3 heteroatoms. The van der Waals surface area contributed by atoms with Crippen molar-refractivity contribution in [2.24, 2.45) is 7.05 Å². The van der Waals surface area contributed by atoms with Gasteiger partial charge in [-0.2, -0.15) is 0 Å². The topological polar surface area (TPSA) is 17.4 Å². The van der Waals surface area contributed by atoms with Crippen LogP contribution in [0.3, 0.4) is 0 Å². The Hall–Kier alpha value is -1.48. The zero-order valence-electron chi connectivity index (χ0n) is 10.1. The molecular weight excluding hydrogens is 200 g/mol. The summed E-state index contributed by atoms with van der Waals surface area (Å²) in [6.07, 6.45) is 2.04. The Morgan fingerprint density at radius 2 is 2.00 bits per heavy atom. The first-order valence-electron chi connectivity index (χ1n) is 5.50. The van der Waals surface area contributed by atoms with Gasteiger partial charge in [0, 0.05) is 25.2 Å². The van der Waals surface area contributed by atoms with Crippen molar-refractivity contribution in [3.05, 3.63) is 30.5 Å². The fraction of sp³-hybridized carbons (Fsp3) is 0.385. The molecular formula is C13H18N2O. The molecule has 0 aliphatic heterocycles. The normalized spacial score (nSPS) is 11.2. The van der Waals surface area contributed by atoms with Gasteiger partial charge in [-0.15, -0.1) is 0 Å². The van der Waals surface area contributed by atoms with Crippen LogP contribution in [0, 0.1) is 0 Å². The van der Waals surface area contributed by atoms with Gasteiger partial charge in [0.25, 0.3) is 0 Å². The molecule has 0 saturated carbocycles. The van der Waals surface area contributed by atoms with Crippen molar-refractivity contribution >= 4 is 10.9 Å². The van der Waals surface area contributed by atoms with E-state index in [4.69, 9.17) is 4.74 Å². The number of nitrogens with zero attached hydrogens (tertiary/aromatic N) is 2. The highest BCUT2D eigenvalue weighted by molar-refractivity contribution is 5.86. The molecule has 2 aromatic rings. The van der Waals surface area contributed by atoms with Crippen LogP contribution in [0.4, 0.5) is 0 Å². The molecule has 0 fully saturated rings. The highest BCUT2D eigenvalue weighted by Gasteiger charge is 2.06. The summed E-state index contributed by atoms with van der Waals surface area (Å²) in [4.78, 5) is 2.12. The lowest BCUT2D eigenvalue weighted by Gasteiger charge is -2.09. The van der Waals surface area contributed by atoms with Crippen LogP contribution in [0.2, 0.25) is 0 Å². The van der Waals surface area contributed by atoms with Gasteiger partial charge in [-0.1, -0.05) is 12.1 Å². The molecule has 1 aromatic carbocycles. The number of fused-ring (bicyclic) bond motifs is 1. The molecule has 0 atom stereocenters. The molecule has 1 aromatic heterocycles. The lowest BCUT2D eigenvalue weighted by molar-refractivity contribution is 0.263. The molecule has 0 spiro atoms. The van der Waals surface area contributed by atoms with Crippen LogP contribution in [0.1, 0.15) is 0 Å². The molecule has 0 amide bonds. The second-order valence-electron chi connectivity index (χ2n) is 4.27. The molecule has 0 saturated heterocycles. The van der Waals surface area contributed by atoms with Crippen LogP contribution in [0.15, 0.2) is 30.5 Å². The molecule has 2 rings (SSSR count). The van der Waals surface area contributed by atoms with E-state index in [0.29, 0.717) is 0 Å². The van der Waals surface area contributed by atoms with E-state index in [2.05, 4.69) is 21.6 Å². The van der Waals surface area contributed by atoms with Crippen molar-refractivity contribution in [1.29, 1.82) is 0 Å². The Morgan fingerprint density at radius 1 is 1.25 bits per heavy atom. The molecule has 0 aliphatic carbocycles. The highest BCUT2D eigenvalue weighted by atomic mass is 16.5. The molecule has 0 N–H and O–H groups in total. The third kappa shape index (κ3) is 2.19. The van der Waals surface area contributed by atoms with E-state index < -0.39 is 0 Å². The van der Waals surface area contributed by atoms with Gasteiger partial charge < -0.3 is 14.2 Å². The van der Waals surface area contributed by atoms with Crippen molar-refractivity contribution < 1.29 is 4.74 Å². The minimum atomic E-state index is 0.723. The summed E-state index contributed by atoms with van der Waals surface area (Å²) >= 11 is 0. The third-order valence-corrected chi connectivity index (χ3v) is 2.66. The summed E-state index contributed by atoms with van der Waals surface area (Å²) in [7, 11) is 6.14. The average molecular weight is 218 g/mol. The van der Waals surface area contributed by atoms with Crippen LogP contribution < -0.4 is 4.74 Å². The smallest absolute Gasteiger partial charge is 0.144 e. The zero-order valence-corrected chi connectivity index (χ0v) is 10.1. The van der Waals surface area contributed by atoms with E-state index in [0.717, 1.165) is 18.9 Å². The average Bonchev–Trinajstić information content (AvgIpc) is 2.57. The highest BCUT2D eigenvalue weighted by Crippen LogP contribution is 2.26. The molecule has 0 unspecified atom stereocenters. The predicted octanol–water partition coefficient (Wildman–Crippen LogP) is 2.12. The second kappa shape index (κ2) is 4.58. The van der Waals surface area contributed by atoms with Crippen molar-refractivity contribution in [2.45, 2.75) is 0 Å². The van der Waals surface area contributed by atoms with Crippen molar-refractivity contribution in [1.82, 2.24) is 9.47 Å². The van der Waals surface area contributed by atoms with Crippen molar-refractivity contribution in [3.63, 3.8) is 0 Å². The largest absolute Gasteiger partial charge is 0.490 e. The van der Waals surface area contributed by atoms with E-state index in [9.17, 15) is 0 Å². The van der Waals surface area contributed by atoms with Crippen LogP contribution >= 0.6 is 0 Å². The number of aromatic nitrogens is 1. The lowest BCUT2D eigenvalue weighted by atomic mass is 10.2. The lowest BCUT2D eigenvalue weighted by Crippen LogP contribution is -2.19. The fourth-order valence-corrected chi connectivity index (χ4v) is 1.76. The van der Waals surface area contributed by atoms with E-state index in [-0.39, 0.29) is 0 Å².